The van der Waals surface area contributed by atoms with Gasteiger partial charge in [-0.3, -0.25) is 4.79 Å². The number of hydrogen-bond acceptors (Lipinski definition) is 9. The minimum atomic E-state index is -1.34. The summed E-state index contributed by atoms with van der Waals surface area (Å²) in [6.07, 6.45) is 0.190. The standard InChI is InChI=1S/C23H28O9/c1-7-11(2)20(25)30-17-15-12(3)21(26)31-18(15)19-23(5,32-19)10-8-9-14(22(27)28-6)16(17)29-13(4)24/h7,9,15-19H,3,8,10H2,1-2,4-6H3/b11-7-,14-9+/t15-,16-,17+,18+,19-,23-/m1/s1. The fourth-order valence-electron chi connectivity index (χ4n) is 4.21. The molecule has 0 aromatic rings. The van der Waals surface area contributed by atoms with Crippen LogP contribution in [-0.4, -0.2) is 61.0 Å². The summed E-state index contributed by atoms with van der Waals surface area (Å²) >= 11 is 0. The van der Waals surface area contributed by atoms with E-state index in [9.17, 15) is 19.2 Å². The number of allylic oxidation sites excluding steroid dienone is 2. The van der Waals surface area contributed by atoms with Crippen LogP contribution in [0.4, 0.5) is 0 Å². The lowest BCUT2D eigenvalue weighted by molar-refractivity contribution is -0.168. The Hall–Kier alpha value is -2.94. The van der Waals surface area contributed by atoms with Gasteiger partial charge in [-0.1, -0.05) is 18.7 Å². The molecule has 1 aliphatic carbocycles. The lowest BCUT2D eigenvalue weighted by Crippen LogP contribution is -2.48. The summed E-state index contributed by atoms with van der Waals surface area (Å²) in [7, 11) is 1.20. The van der Waals surface area contributed by atoms with Crippen LogP contribution in [0, 0.1) is 5.92 Å². The Bertz CT molecular complexity index is 914. The summed E-state index contributed by atoms with van der Waals surface area (Å²) in [6, 6.07) is 0. The van der Waals surface area contributed by atoms with Crippen molar-refractivity contribution in [3.63, 3.8) is 0 Å². The predicted octanol–water partition coefficient (Wildman–Crippen LogP) is 1.94. The number of carbonyl (C=O) groups excluding carboxylic acids is 4. The molecule has 0 spiro atoms. The van der Waals surface area contributed by atoms with Crippen molar-refractivity contribution in [3.8, 4) is 0 Å². The molecule has 0 aromatic heterocycles. The van der Waals surface area contributed by atoms with Crippen LogP contribution in [0.5, 0.6) is 0 Å². The zero-order valence-electron chi connectivity index (χ0n) is 18.8. The molecule has 0 radical (unpaired) electrons. The van der Waals surface area contributed by atoms with Crippen LogP contribution in [0.25, 0.3) is 0 Å². The molecule has 9 nitrogen and oxygen atoms in total. The third-order valence-corrected chi connectivity index (χ3v) is 6.18. The molecule has 0 unspecified atom stereocenters. The lowest BCUT2D eigenvalue weighted by atomic mass is 9.80. The molecule has 0 N–H and O–H groups in total. The summed E-state index contributed by atoms with van der Waals surface area (Å²) in [6.45, 7) is 10.1. The van der Waals surface area contributed by atoms with E-state index in [1.54, 1.807) is 26.0 Å². The molecule has 9 heteroatoms. The molecule has 174 valence electrons. The average Bonchev–Trinajstić information content (AvgIpc) is 3.33. The molecule has 0 saturated carbocycles. The van der Waals surface area contributed by atoms with Gasteiger partial charge in [-0.15, -0.1) is 0 Å². The number of epoxide rings is 1. The quantitative estimate of drug-likeness (QED) is 0.275. The zero-order valence-corrected chi connectivity index (χ0v) is 18.8. The van der Waals surface area contributed by atoms with Crippen molar-refractivity contribution in [2.75, 3.05) is 7.11 Å². The van der Waals surface area contributed by atoms with E-state index in [-0.39, 0.29) is 11.1 Å². The number of ether oxygens (including phenoxy) is 5. The van der Waals surface area contributed by atoms with Gasteiger partial charge >= 0.3 is 23.9 Å². The van der Waals surface area contributed by atoms with E-state index in [1.165, 1.54) is 14.0 Å². The molecule has 3 aliphatic rings. The number of methoxy groups -OCH3 is 1. The number of hydrogen-bond donors (Lipinski definition) is 0. The number of esters is 4. The number of fused-ring (bicyclic) bond motifs is 3. The van der Waals surface area contributed by atoms with E-state index in [2.05, 4.69) is 6.58 Å². The second kappa shape index (κ2) is 8.90. The maximum Gasteiger partial charge on any atom is 0.337 e. The van der Waals surface area contributed by atoms with Crippen molar-refractivity contribution in [2.45, 2.75) is 70.6 Å². The largest absolute Gasteiger partial charge is 0.466 e. The highest BCUT2D eigenvalue weighted by molar-refractivity contribution is 5.93. The van der Waals surface area contributed by atoms with Gasteiger partial charge in [0.05, 0.1) is 24.2 Å². The first-order valence-electron chi connectivity index (χ1n) is 10.4. The molecular formula is C23H28O9. The van der Waals surface area contributed by atoms with Gasteiger partial charge in [0.15, 0.2) is 12.2 Å². The summed E-state index contributed by atoms with van der Waals surface area (Å²) in [5.41, 5.74) is -0.238. The number of carbonyl (C=O) groups is 4. The first kappa shape index (κ1) is 23.7. The van der Waals surface area contributed by atoms with Crippen molar-refractivity contribution in [2.24, 2.45) is 5.92 Å². The van der Waals surface area contributed by atoms with Crippen LogP contribution in [0.2, 0.25) is 0 Å². The first-order valence-corrected chi connectivity index (χ1v) is 10.4. The van der Waals surface area contributed by atoms with Crippen molar-refractivity contribution in [1.82, 2.24) is 0 Å². The predicted molar refractivity (Wildman–Crippen MR) is 110 cm³/mol. The van der Waals surface area contributed by atoms with Gasteiger partial charge in [0.2, 0.25) is 0 Å². The zero-order chi connectivity index (χ0) is 23.8. The summed E-state index contributed by atoms with van der Waals surface area (Å²) in [4.78, 5) is 49.9. The van der Waals surface area contributed by atoms with Crippen LogP contribution in [0.1, 0.15) is 40.5 Å². The van der Waals surface area contributed by atoms with Crippen LogP contribution in [-0.2, 0) is 42.9 Å². The molecule has 0 aromatic carbocycles. The average molecular weight is 448 g/mol. The van der Waals surface area contributed by atoms with E-state index in [0.717, 1.165) is 0 Å². The Morgan fingerprint density at radius 2 is 1.94 bits per heavy atom. The van der Waals surface area contributed by atoms with Crippen molar-refractivity contribution >= 4 is 23.9 Å². The fraction of sp³-hybridized carbons (Fsp3) is 0.565. The van der Waals surface area contributed by atoms with E-state index in [4.69, 9.17) is 23.7 Å². The van der Waals surface area contributed by atoms with E-state index < -0.39 is 59.8 Å². The van der Waals surface area contributed by atoms with Gasteiger partial charge in [-0.2, -0.15) is 0 Å². The van der Waals surface area contributed by atoms with Crippen LogP contribution in [0.3, 0.4) is 0 Å². The van der Waals surface area contributed by atoms with Gasteiger partial charge in [0, 0.05) is 18.1 Å². The molecule has 3 rings (SSSR count). The smallest absolute Gasteiger partial charge is 0.337 e. The van der Waals surface area contributed by atoms with Crippen molar-refractivity contribution in [3.05, 3.63) is 35.5 Å². The van der Waals surface area contributed by atoms with Gasteiger partial charge in [-0.25, -0.2) is 14.4 Å². The van der Waals surface area contributed by atoms with Gasteiger partial charge < -0.3 is 23.7 Å². The molecule has 32 heavy (non-hydrogen) atoms. The van der Waals surface area contributed by atoms with Crippen molar-refractivity contribution in [1.29, 1.82) is 0 Å². The normalized spacial score (nSPS) is 36.0. The first-order chi connectivity index (χ1) is 15.0. The Morgan fingerprint density at radius 3 is 2.53 bits per heavy atom. The third-order valence-electron chi connectivity index (χ3n) is 6.18. The fourth-order valence-corrected chi connectivity index (χ4v) is 4.21. The second-order valence-corrected chi connectivity index (χ2v) is 8.33. The second-order valence-electron chi connectivity index (χ2n) is 8.33. The summed E-state index contributed by atoms with van der Waals surface area (Å²) < 4.78 is 27.6. The topological polar surface area (TPSA) is 118 Å². The Labute approximate surface area is 186 Å². The Kier molecular flexibility index (Phi) is 6.59. The molecule has 6 atom stereocenters. The Balaban J connectivity index is 2.17. The third kappa shape index (κ3) is 4.34. The molecular weight excluding hydrogens is 420 g/mol. The van der Waals surface area contributed by atoms with Gasteiger partial charge in [0.25, 0.3) is 0 Å². The van der Waals surface area contributed by atoms with Crippen LogP contribution in [0.15, 0.2) is 35.5 Å². The highest BCUT2D eigenvalue weighted by Gasteiger charge is 2.64. The summed E-state index contributed by atoms with van der Waals surface area (Å²) in [5, 5.41) is 0. The lowest BCUT2D eigenvalue weighted by Gasteiger charge is -2.33. The van der Waals surface area contributed by atoms with Gasteiger partial charge in [-0.05, 0) is 33.6 Å². The van der Waals surface area contributed by atoms with E-state index in [0.29, 0.717) is 18.4 Å². The monoisotopic (exact) mass is 448 g/mol. The van der Waals surface area contributed by atoms with E-state index in [1.807, 2.05) is 6.92 Å². The summed E-state index contributed by atoms with van der Waals surface area (Å²) in [5.74, 6) is -3.71. The minimum Gasteiger partial charge on any atom is -0.466 e. The maximum atomic E-state index is 12.8. The molecule has 2 saturated heterocycles. The van der Waals surface area contributed by atoms with Crippen molar-refractivity contribution < 1.29 is 42.9 Å². The molecule has 2 aliphatic heterocycles. The molecule has 2 fully saturated rings. The number of rotatable bonds is 4. The van der Waals surface area contributed by atoms with Crippen LogP contribution < -0.4 is 0 Å². The molecule has 0 amide bonds. The highest BCUT2D eigenvalue weighted by Crippen LogP contribution is 2.50. The van der Waals surface area contributed by atoms with Gasteiger partial charge in [0.1, 0.15) is 12.2 Å². The van der Waals surface area contributed by atoms with Crippen LogP contribution >= 0.6 is 0 Å². The molecule has 2 heterocycles. The SMILES string of the molecule is C=C1C(=O)O[C@H]2[C@H]1[C@H](OC(=O)/C(C)=C\C)[C@H](OC(C)=O)/C(C(=O)OC)=C\CC[C@@]1(C)O[C@H]21. The highest BCUT2D eigenvalue weighted by atomic mass is 16.7. The molecule has 0 bridgehead atoms. The minimum absolute atomic E-state index is 0.00669. The maximum absolute atomic E-state index is 12.8. The Morgan fingerprint density at radius 1 is 1.25 bits per heavy atom. The van der Waals surface area contributed by atoms with E-state index >= 15 is 0 Å².